The molecule has 0 aliphatic rings. The molecule has 0 bridgehead atoms. The molecule has 1 atom stereocenters. The van der Waals surface area contributed by atoms with Gasteiger partial charge in [-0.25, -0.2) is 4.39 Å². The molecule has 1 rings (SSSR count). The predicted octanol–water partition coefficient (Wildman–Crippen LogP) is 0.840. The summed E-state index contributed by atoms with van der Waals surface area (Å²) in [7, 11) is 1.51. The van der Waals surface area contributed by atoms with Gasteiger partial charge in [-0.05, 0) is 31.0 Å². The van der Waals surface area contributed by atoms with Crippen LogP contribution in [0, 0.1) is 5.82 Å². The van der Waals surface area contributed by atoms with Crippen molar-refractivity contribution < 1.29 is 13.9 Å². The minimum atomic E-state index is -0.669. The van der Waals surface area contributed by atoms with E-state index in [0.29, 0.717) is 18.6 Å². The number of nitrogens with two attached hydrogens (primary N) is 1. The van der Waals surface area contributed by atoms with E-state index >= 15 is 0 Å². The summed E-state index contributed by atoms with van der Waals surface area (Å²) in [5, 5.41) is 2.45. The fourth-order valence-electron chi connectivity index (χ4n) is 1.48. The summed E-state index contributed by atoms with van der Waals surface area (Å²) in [4.78, 5) is 11.2. The highest BCUT2D eigenvalue weighted by Gasteiger charge is 2.13. The molecule has 0 saturated carbocycles. The molecule has 17 heavy (non-hydrogen) atoms. The van der Waals surface area contributed by atoms with E-state index in [4.69, 9.17) is 10.5 Å². The lowest BCUT2D eigenvalue weighted by Gasteiger charge is -2.11. The molecule has 0 fully saturated rings. The Labute approximate surface area is 100.0 Å². The molecule has 5 heteroatoms. The normalized spacial score (nSPS) is 12.0. The standard InChI is InChI=1S/C12H17FN2O2/c1-3-17-11-5-4-8(6-9(11)13)7-10(14)12(16)15-2/h4-6,10H,3,7,14H2,1-2H3,(H,15,16). The van der Waals surface area contributed by atoms with Crippen LogP contribution in [0.3, 0.4) is 0 Å². The van der Waals surface area contributed by atoms with Gasteiger partial charge in [-0.15, -0.1) is 0 Å². The first-order valence-electron chi connectivity index (χ1n) is 5.46. The van der Waals surface area contributed by atoms with E-state index in [1.165, 1.54) is 13.1 Å². The lowest BCUT2D eigenvalue weighted by Crippen LogP contribution is -2.40. The van der Waals surface area contributed by atoms with Crippen LogP contribution >= 0.6 is 0 Å². The van der Waals surface area contributed by atoms with Crippen LogP contribution in [-0.4, -0.2) is 25.6 Å². The average molecular weight is 240 g/mol. The molecule has 0 aliphatic heterocycles. The topological polar surface area (TPSA) is 64.3 Å². The van der Waals surface area contributed by atoms with Crippen molar-refractivity contribution in [1.29, 1.82) is 0 Å². The van der Waals surface area contributed by atoms with Crippen LogP contribution < -0.4 is 15.8 Å². The monoisotopic (exact) mass is 240 g/mol. The Morgan fingerprint density at radius 1 is 1.59 bits per heavy atom. The van der Waals surface area contributed by atoms with Crippen LogP contribution in [-0.2, 0) is 11.2 Å². The first-order valence-corrected chi connectivity index (χ1v) is 5.46. The van der Waals surface area contributed by atoms with Crippen LogP contribution in [0.15, 0.2) is 18.2 Å². The van der Waals surface area contributed by atoms with Crippen molar-refractivity contribution in [3.63, 3.8) is 0 Å². The molecule has 94 valence electrons. The fourth-order valence-corrected chi connectivity index (χ4v) is 1.48. The molecule has 0 aromatic heterocycles. The van der Waals surface area contributed by atoms with E-state index in [1.807, 2.05) is 0 Å². The summed E-state index contributed by atoms with van der Waals surface area (Å²) in [6.45, 7) is 2.20. The highest BCUT2D eigenvalue weighted by atomic mass is 19.1. The van der Waals surface area contributed by atoms with E-state index in [1.54, 1.807) is 19.1 Å². The lowest BCUT2D eigenvalue weighted by atomic mass is 10.1. The summed E-state index contributed by atoms with van der Waals surface area (Å²) in [5.74, 6) is -0.488. The lowest BCUT2D eigenvalue weighted by molar-refractivity contribution is -0.121. The number of hydrogen-bond donors (Lipinski definition) is 2. The van der Waals surface area contributed by atoms with E-state index in [-0.39, 0.29) is 11.7 Å². The molecule has 1 aromatic carbocycles. The van der Waals surface area contributed by atoms with E-state index in [9.17, 15) is 9.18 Å². The highest BCUT2D eigenvalue weighted by molar-refractivity contribution is 5.81. The van der Waals surface area contributed by atoms with E-state index in [2.05, 4.69) is 5.32 Å². The molecule has 0 spiro atoms. The molecule has 4 nitrogen and oxygen atoms in total. The molecule has 3 N–H and O–H groups in total. The number of ether oxygens (including phenoxy) is 1. The molecule has 0 radical (unpaired) electrons. The number of hydrogen-bond acceptors (Lipinski definition) is 3. The average Bonchev–Trinajstić information content (AvgIpc) is 2.31. The summed E-state index contributed by atoms with van der Waals surface area (Å²) in [6, 6.07) is 3.92. The van der Waals surface area contributed by atoms with Crippen molar-refractivity contribution in [1.82, 2.24) is 5.32 Å². The zero-order chi connectivity index (χ0) is 12.8. The van der Waals surface area contributed by atoms with Gasteiger partial charge in [-0.2, -0.15) is 0 Å². The van der Waals surface area contributed by atoms with Crippen molar-refractivity contribution in [3.8, 4) is 5.75 Å². The minimum absolute atomic E-state index is 0.213. The Bertz CT molecular complexity index is 396. The van der Waals surface area contributed by atoms with Gasteiger partial charge in [0.05, 0.1) is 12.6 Å². The Morgan fingerprint density at radius 3 is 2.82 bits per heavy atom. The number of halogens is 1. The van der Waals surface area contributed by atoms with Gasteiger partial charge >= 0.3 is 0 Å². The van der Waals surface area contributed by atoms with Gasteiger partial charge in [-0.3, -0.25) is 4.79 Å². The number of benzene rings is 1. The first-order chi connectivity index (χ1) is 8.08. The second kappa shape index (κ2) is 6.20. The second-order valence-corrected chi connectivity index (χ2v) is 3.62. The highest BCUT2D eigenvalue weighted by Crippen LogP contribution is 2.18. The summed E-state index contributed by atoms with van der Waals surface area (Å²) < 4.78 is 18.6. The molecule has 1 unspecified atom stereocenters. The van der Waals surface area contributed by atoms with Crippen LogP contribution in [0.4, 0.5) is 4.39 Å². The third kappa shape index (κ3) is 3.71. The maximum absolute atomic E-state index is 13.5. The van der Waals surface area contributed by atoms with E-state index in [0.717, 1.165) is 0 Å². The number of carbonyl (C=O) groups excluding carboxylic acids is 1. The smallest absolute Gasteiger partial charge is 0.237 e. The molecule has 0 saturated heterocycles. The van der Waals surface area contributed by atoms with Gasteiger partial charge in [0.1, 0.15) is 0 Å². The number of carbonyl (C=O) groups is 1. The molecule has 1 amide bonds. The minimum Gasteiger partial charge on any atom is -0.491 e. The molecular formula is C12H17FN2O2. The largest absolute Gasteiger partial charge is 0.491 e. The Hall–Kier alpha value is -1.62. The van der Waals surface area contributed by atoms with Gasteiger partial charge in [-0.1, -0.05) is 6.07 Å². The Kier molecular flexibility index (Phi) is 4.90. The van der Waals surface area contributed by atoms with Crippen LogP contribution in [0.2, 0.25) is 0 Å². The number of amides is 1. The van der Waals surface area contributed by atoms with Gasteiger partial charge in [0.15, 0.2) is 11.6 Å². The fraction of sp³-hybridized carbons (Fsp3) is 0.417. The van der Waals surface area contributed by atoms with Crippen molar-refractivity contribution >= 4 is 5.91 Å². The molecule has 0 heterocycles. The van der Waals surface area contributed by atoms with Crippen LogP contribution in [0.5, 0.6) is 5.75 Å². The summed E-state index contributed by atoms with van der Waals surface area (Å²) >= 11 is 0. The van der Waals surface area contributed by atoms with Gasteiger partial charge in [0.2, 0.25) is 5.91 Å². The zero-order valence-corrected chi connectivity index (χ0v) is 10.00. The van der Waals surface area contributed by atoms with Crippen LogP contribution in [0.25, 0.3) is 0 Å². The number of rotatable bonds is 5. The van der Waals surface area contributed by atoms with E-state index < -0.39 is 11.9 Å². The van der Waals surface area contributed by atoms with Crippen LogP contribution in [0.1, 0.15) is 12.5 Å². The molecule has 0 aliphatic carbocycles. The summed E-state index contributed by atoms with van der Waals surface area (Å²) in [6.07, 6.45) is 0.295. The van der Waals surface area contributed by atoms with Gasteiger partial charge in [0.25, 0.3) is 0 Å². The predicted molar refractivity (Wildman–Crippen MR) is 63.3 cm³/mol. The van der Waals surface area contributed by atoms with Crippen molar-refractivity contribution in [2.24, 2.45) is 5.73 Å². The maximum atomic E-state index is 13.5. The molecular weight excluding hydrogens is 223 g/mol. The van der Waals surface area contributed by atoms with Gasteiger partial charge < -0.3 is 15.8 Å². The third-order valence-corrected chi connectivity index (χ3v) is 2.33. The zero-order valence-electron chi connectivity index (χ0n) is 10.00. The summed E-state index contributed by atoms with van der Waals surface area (Å²) in [5.41, 5.74) is 6.31. The van der Waals surface area contributed by atoms with Gasteiger partial charge in [0, 0.05) is 7.05 Å². The Balaban J connectivity index is 2.73. The van der Waals surface area contributed by atoms with Crippen molar-refractivity contribution in [2.45, 2.75) is 19.4 Å². The third-order valence-electron chi connectivity index (χ3n) is 2.33. The Morgan fingerprint density at radius 2 is 2.29 bits per heavy atom. The second-order valence-electron chi connectivity index (χ2n) is 3.62. The van der Waals surface area contributed by atoms with Crippen molar-refractivity contribution in [2.75, 3.05) is 13.7 Å². The SMILES string of the molecule is CCOc1ccc(CC(N)C(=O)NC)cc1F. The first kappa shape index (κ1) is 13.4. The number of likely N-dealkylation sites (N-methyl/N-ethyl adjacent to an activating group) is 1. The number of nitrogens with one attached hydrogen (secondary N) is 1. The molecule has 1 aromatic rings. The van der Waals surface area contributed by atoms with Crippen molar-refractivity contribution in [3.05, 3.63) is 29.6 Å². The quantitative estimate of drug-likeness (QED) is 0.801. The maximum Gasteiger partial charge on any atom is 0.237 e.